The van der Waals surface area contributed by atoms with Crippen molar-refractivity contribution < 1.29 is 9.90 Å². The molecule has 5 nitrogen and oxygen atoms in total. The Kier molecular flexibility index (Phi) is 2.98. The van der Waals surface area contributed by atoms with Crippen LogP contribution in [0.5, 0.6) is 0 Å². The third-order valence-electron chi connectivity index (χ3n) is 2.49. The molecule has 0 aliphatic heterocycles. The van der Waals surface area contributed by atoms with Crippen LogP contribution in [0.3, 0.4) is 0 Å². The summed E-state index contributed by atoms with van der Waals surface area (Å²) in [4.78, 5) is 15.0. The zero-order valence-electron chi connectivity index (χ0n) is 10.8. The molecule has 18 heavy (non-hydrogen) atoms. The first-order chi connectivity index (χ1) is 8.29. The highest BCUT2D eigenvalue weighted by molar-refractivity contribution is 7.13. The van der Waals surface area contributed by atoms with Gasteiger partial charge in [-0.1, -0.05) is 20.8 Å². The number of hydrogen-bond donors (Lipinski definition) is 1. The van der Waals surface area contributed by atoms with Gasteiger partial charge in [-0.05, 0) is 0 Å². The van der Waals surface area contributed by atoms with Crippen LogP contribution >= 0.6 is 11.3 Å². The molecule has 2 aromatic heterocycles. The lowest BCUT2D eigenvalue weighted by Crippen LogP contribution is -2.13. The fourth-order valence-corrected chi connectivity index (χ4v) is 2.50. The fourth-order valence-electron chi connectivity index (χ4n) is 1.69. The number of aromatic nitrogens is 3. The minimum Gasteiger partial charge on any atom is -0.476 e. The first-order valence-electron chi connectivity index (χ1n) is 5.52. The molecule has 0 bridgehead atoms. The van der Waals surface area contributed by atoms with E-state index >= 15 is 0 Å². The van der Waals surface area contributed by atoms with E-state index in [1.165, 1.54) is 11.3 Å². The maximum atomic E-state index is 10.9. The zero-order valence-corrected chi connectivity index (χ0v) is 11.6. The van der Waals surface area contributed by atoms with Crippen molar-refractivity contribution in [2.45, 2.75) is 26.2 Å². The van der Waals surface area contributed by atoms with Crippen molar-refractivity contribution in [3.63, 3.8) is 0 Å². The van der Waals surface area contributed by atoms with E-state index in [1.807, 2.05) is 13.2 Å². The Balaban J connectivity index is 2.53. The van der Waals surface area contributed by atoms with Gasteiger partial charge < -0.3 is 5.11 Å². The molecule has 96 valence electrons. The molecule has 2 aromatic rings. The van der Waals surface area contributed by atoms with Crippen LogP contribution in [-0.2, 0) is 12.5 Å². The molecule has 0 aliphatic carbocycles. The first kappa shape index (κ1) is 12.8. The second-order valence-electron chi connectivity index (χ2n) is 5.16. The standard InChI is InChI=1S/C12H15N3O2S/c1-12(2,3)9-7(5-15(4)14-9)10-13-8(6-18-10)11(16)17/h5-6H,1-4H3,(H,16,17). The predicted octanol–water partition coefficient (Wildman–Crippen LogP) is 2.54. The number of carboxylic acids is 1. The van der Waals surface area contributed by atoms with Crippen molar-refractivity contribution in [3.05, 3.63) is 23.0 Å². The fraction of sp³-hybridized carbons (Fsp3) is 0.417. The molecule has 6 heteroatoms. The summed E-state index contributed by atoms with van der Waals surface area (Å²) < 4.78 is 1.73. The van der Waals surface area contributed by atoms with Gasteiger partial charge in [0.05, 0.1) is 11.3 Å². The van der Waals surface area contributed by atoms with E-state index in [2.05, 4.69) is 30.9 Å². The Labute approximate surface area is 109 Å². The van der Waals surface area contributed by atoms with E-state index < -0.39 is 5.97 Å². The van der Waals surface area contributed by atoms with E-state index in [-0.39, 0.29) is 11.1 Å². The van der Waals surface area contributed by atoms with Crippen LogP contribution in [0.1, 0.15) is 37.0 Å². The van der Waals surface area contributed by atoms with Crippen LogP contribution in [0.15, 0.2) is 11.6 Å². The van der Waals surface area contributed by atoms with Crippen molar-refractivity contribution in [1.29, 1.82) is 0 Å². The van der Waals surface area contributed by atoms with Crippen LogP contribution in [0.4, 0.5) is 0 Å². The highest BCUT2D eigenvalue weighted by Gasteiger charge is 2.24. The number of hydrogen-bond acceptors (Lipinski definition) is 4. The summed E-state index contributed by atoms with van der Waals surface area (Å²) in [5, 5.41) is 15.6. The third kappa shape index (κ3) is 2.28. The van der Waals surface area contributed by atoms with Crippen molar-refractivity contribution in [2.24, 2.45) is 7.05 Å². The van der Waals surface area contributed by atoms with E-state index in [9.17, 15) is 4.79 Å². The highest BCUT2D eigenvalue weighted by Crippen LogP contribution is 2.33. The van der Waals surface area contributed by atoms with Gasteiger partial charge in [0.15, 0.2) is 5.69 Å². The number of carbonyl (C=O) groups is 1. The summed E-state index contributed by atoms with van der Waals surface area (Å²) in [5.74, 6) is -1.00. The van der Waals surface area contributed by atoms with Gasteiger partial charge in [-0.3, -0.25) is 4.68 Å². The van der Waals surface area contributed by atoms with Gasteiger partial charge in [0.2, 0.25) is 0 Å². The maximum Gasteiger partial charge on any atom is 0.355 e. The van der Waals surface area contributed by atoms with E-state index in [1.54, 1.807) is 10.1 Å². The first-order valence-corrected chi connectivity index (χ1v) is 6.40. The van der Waals surface area contributed by atoms with Crippen LogP contribution < -0.4 is 0 Å². The van der Waals surface area contributed by atoms with E-state index in [4.69, 9.17) is 5.11 Å². The number of aryl methyl sites for hydroxylation is 1. The lowest BCUT2D eigenvalue weighted by atomic mass is 9.90. The molecule has 0 unspecified atom stereocenters. The summed E-state index contributed by atoms with van der Waals surface area (Å²) in [7, 11) is 1.85. The molecule has 2 rings (SSSR count). The van der Waals surface area contributed by atoms with E-state index in [0.29, 0.717) is 5.01 Å². The largest absolute Gasteiger partial charge is 0.476 e. The van der Waals surface area contributed by atoms with Crippen LogP contribution in [0, 0.1) is 0 Å². The summed E-state index contributed by atoms with van der Waals surface area (Å²) >= 11 is 1.33. The SMILES string of the molecule is Cn1cc(-c2nc(C(=O)O)cs2)c(C(C)(C)C)n1. The lowest BCUT2D eigenvalue weighted by Gasteiger charge is -2.16. The maximum absolute atomic E-state index is 10.9. The van der Waals surface area contributed by atoms with Gasteiger partial charge in [-0.2, -0.15) is 5.10 Å². The Morgan fingerprint density at radius 1 is 1.44 bits per heavy atom. The quantitative estimate of drug-likeness (QED) is 0.906. The Morgan fingerprint density at radius 2 is 2.11 bits per heavy atom. The van der Waals surface area contributed by atoms with Crippen LogP contribution in [-0.4, -0.2) is 25.8 Å². The Hall–Kier alpha value is -1.69. The summed E-state index contributed by atoms with van der Waals surface area (Å²) in [6.45, 7) is 6.22. The molecule has 1 N–H and O–H groups in total. The number of nitrogens with zero attached hydrogens (tertiary/aromatic N) is 3. The van der Waals surface area contributed by atoms with Gasteiger partial charge >= 0.3 is 5.97 Å². The monoisotopic (exact) mass is 265 g/mol. The van der Waals surface area contributed by atoms with Crippen molar-refractivity contribution in [2.75, 3.05) is 0 Å². The average Bonchev–Trinajstić information content (AvgIpc) is 2.81. The topological polar surface area (TPSA) is 68.0 Å². The third-order valence-corrected chi connectivity index (χ3v) is 3.37. The number of thiazole rings is 1. The van der Waals surface area contributed by atoms with Crippen LogP contribution in [0.25, 0.3) is 10.6 Å². The lowest BCUT2D eigenvalue weighted by molar-refractivity contribution is 0.0691. The normalized spacial score (nSPS) is 11.8. The Morgan fingerprint density at radius 3 is 2.61 bits per heavy atom. The number of carboxylic acid groups (broad SMARTS) is 1. The molecular formula is C12H15N3O2S. The van der Waals surface area contributed by atoms with Gasteiger partial charge in [0.1, 0.15) is 5.01 Å². The summed E-state index contributed by atoms with van der Waals surface area (Å²) in [6.07, 6.45) is 1.88. The van der Waals surface area contributed by atoms with Gasteiger partial charge in [-0.25, -0.2) is 9.78 Å². The summed E-state index contributed by atoms with van der Waals surface area (Å²) in [5.41, 5.74) is 1.81. The Bertz CT molecular complexity index is 593. The predicted molar refractivity (Wildman–Crippen MR) is 70.0 cm³/mol. The smallest absolute Gasteiger partial charge is 0.355 e. The molecule has 0 radical (unpaired) electrons. The van der Waals surface area contributed by atoms with Crippen LogP contribution in [0.2, 0.25) is 0 Å². The zero-order chi connectivity index (χ0) is 13.5. The van der Waals surface area contributed by atoms with Gasteiger partial charge in [-0.15, -0.1) is 11.3 Å². The minimum absolute atomic E-state index is 0.0821. The molecule has 0 saturated heterocycles. The molecule has 0 saturated carbocycles. The van der Waals surface area contributed by atoms with Gasteiger partial charge in [0, 0.05) is 24.0 Å². The molecule has 0 amide bonds. The molecule has 0 aromatic carbocycles. The average molecular weight is 265 g/mol. The second kappa shape index (κ2) is 4.20. The summed E-state index contributed by atoms with van der Waals surface area (Å²) in [6, 6.07) is 0. The van der Waals surface area contributed by atoms with Crippen molar-refractivity contribution >= 4 is 17.3 Å². The molecule has 0 aliphatic rings. The molecule has 0 atom stereocenters. The minimum atomic E-state index is -1.00. The highest BCUT2D eigenvalue weighted by atomic mass is 32.1. The van der Waals surface area contributed by atoms with E-state index in [0.717, 1.165) is 11.3 Å². The number of aromatic carboxylic acids is 1. The molecule has 0 spiro atoms. The molecular weight excluding hydrogens is 250 g/mol. The molecule has 2 heterocycles. The van der Waals surface area contributed by atoms with Crippen molar-refractivity contribution in [1.82, 2.24) is 14.8 Å². The van der Waals surface area contributed by atoms with Crippen molar-refractivity contribution in [3.8, 4) is 10.6 Å². The second-order valence-corrected chi connectivity index (χ2v) is 6.02. The molecule has 0 fully saturated rings. The number of rotatable bonds is 2. The van der Waals surface area contributed by atoms with Gasteiger partial charge in [0.25, 0.3) is 0 Å².